The van der Waals surface area contributed by atoms with E-state index in [1.54, 1.807) is 24.3 Å². The SMILES string of the molecule is Cn1nc(C(F)(F)F)c(C=NOC(=O)CCl)c1Sc1ccc(Cl)cc1. The molecule has 5 nitrogen and oxygen atoms in total. The van der Waals surface area contributed by atoms with Crippen LogP contribution >= 0.6 is 35.0 Å². The lowest BCUT2D eigenvalue weighted by molar-refractivity contribution is -0.141. The molecule has 0 radical (unpaired) electrons. The highest BCUT2D eigenvalue weighted by atomic mass is 35.5. The lowest BCUT2D eigenvalue weighted by atomic mass is 10.2. The number of carbonyl (C=O) groups excluding carboxylic acids is 1. The van der Waals surface area contributed by atoms with Crippen LogP contribution in [-0.4, -0.2) is 27.8 Å². The minimum Gasteiger partial charge on any atom is -0.317 e. The second-order valence-corrected chi connectivity index (χ2v) is 6.34. The molecule has 0 aliphatic carbocycles. The third kappa shape index (κ3) is 5.13. The zero-order valence-corrected chi connectivity index (χ0v) is 14.9. The Balaban J connectivity index is 2.41. The summed E-state index contributed by atoms with van der Waals surface area (Å²) in [4.78, 5) is 16.0. The molecule has 0 bridgehead atoms. The zero-order chi connectivity index (χ0) is 18.6. The molecule has 0 aliphatic rings. The Morgan fingerprint density at radius 3 is 2.60 bits per heavy atom. The summed E-state index contributed by atoms with van der Waals surface area (Å²) in [5, 5.41) is 7.44. The molecule has 0 spiro atoms. The number of aromatic nitrogens is 2. The Kier molecular flexibility index (Phi) is 6.36. The van der Waals surface area contributed by atoms with Gasteiger partial charge >= 0.3 is 12.1 Å². The smallest absolute Gasteiger partial charge is 0.317 e. The van der Waals surface area contributed by atoms with E-state index in [4.69, 9.17) is 23.2 Å². The summed E-state index contributed by atoms with van der Waals surface area (Å²) in [5.74, 6) is -1.36. The Morgan fingerprint density at radius 1 is 1.40 bits per heavy atom. The molecule has 11 heteroatoms. The molecule has 0 atom stereocenters. The highest BCUT2D eigenvalue weighted by molar-refractivity contribution is 7.99. The number of rotatable bonds is 5. The highest BCUT2D eigenvalue weighted by Gasteiger charge is 2.38. The maximum absolute atomic E-state index is 13.2. The van der Waals surface area contributed by atoms with E-state index in [1.807, 2.05) is 0 Å². The van der Waals surface area contributed by atoms with Gasteiger partial charge in [0.1, 0.15) is 10.9 Å². The van der Waals surface area contributed by atoms with E-state index < -0.39 is 23.7 Å². The number of aryl methyl sites for hydroxylation is 1. The summed E-state index contributed by atoms with van der Waals surface area (Å²) < 4.78 is 40.7. The minimum atomic E-state index is -4.70. The van der Waals surface area contributed by atoms with Gasteiger partial charge in [-0.2, -0.15) is 18.3 Å². The molecular formula is C14H10Cl2F3N3O2S. The summed E-state index contributed by atoms with van der Waals surface area (Å²) >= 11 is 12.1. The van der Waals surface area contributed by atoms with Crippen molar-refractivity contribution in [1.82, 2.24) is 9.78 Å². The third-order valence-electron chi connectivity index (χ3n) is 2.77. The highest BCUT2D eigenvalue weighted by Crippen LogP contribution is 2.37. The third-order valence-corrected chi connectivity index (χ3v) is 4.43. The van der Waals surface area contributed by atoms with Crippen molar-refractivity contribution < 1.29 is 22.8 Å². The normalized spacial score (nSPS) is 11.9. The van der Waals surface area contributed by atoms with Crippen molar-refractivity contribution in [2.75, 3.05) is 5.88 Å². The monoisotopic (exact) mass is 411 g/mol. The van der Waals surface area contributed by atoms with E-state index in [0.29, 0.717) is 9.92 Å². The van der Waals surface area contributed by atoms with Crippen molar-refractivity contribution in [3.8, 4) is 0 Å². The van der Waals surface area contributed by atoms with Crippen LogP contribution in [0.15, 0.2) is 39.3 Å². The van der Waals surface area contributed by atoms with Gasteiger partial charge in [-0.3, -0.25) is 4.68 Å². The van der Waals surface area contributed by atoms with Crippen LogP contribution in [0.25, 0.3) is 0 Å². The topological polar surface area (TPSA) is 56.5 Å². The van der Waals surface area contributed by atoms with E-state index in [0.717, 1.165) is 22.7 Å². The molecule has 0 saturated carbocycles. The summed E-state index contributed by atoms with van der Waals surface area (Å²) in [7, 11) is 1.37. The fourth-order valence-electron chi connectivity index (χ4n) is 1.75. The average molecular weight is 412 g/mol. The first-order chi connectivity index (χ1) is 11.7. The predicted molar refractivity (Wildman–Crippen MR) is 88.2 cm³/mol. The summed E-state index contributed by atoms with van der Waals surface area (Å²) in [6.07, 6.45) is -3.91. The van der Waals surface area contributed by atoms with Crippen LogP contribution in [0.4, 0.5) is 13.2 Å². The van der Waals surface area contributed by atoms with Gasteiger partial charge in [0.05, 0.1) is 11.8 Å². The van der Waals surface area contributed by atoms with Gasteiger partial charge in [-0.15, -0.1) is 11.6 Å². The van der Waals surface area contributed by atoms with Gasteiger partial charge in [0, 0.05) is 17.0 Å². The van der Waals surface area contributed by atoms with Gasteiger partial charge in [0.15, 0.2) is 5.69 Å². The first-order valence-corrected chi connectivity index (χ1v) is 8.32. The second-order valence-electron chi connectivity index (χ2n) is 4.58. The number of halogens is 5. The fraction of sp³-hybridized carbons (Fsp3) is 0.214. The van der Waals surface area contributed by atoms with Crippen LogP contribution in [-0.2, 0) is 22.9 Å². The van der Waals surface area contributed by atoms with Gasteiger partial charge in [-0.05, 0) is 24.3 Å². The number of hydrogen-bond acceptors (Lipinski definition) is 5. The summed E-state index contributed by atoms with van der Waals surface area (Å²) in [6, 6.07) is 6.53. The maximum atomic E-state index is 13.2. The number of alkyl halides is 4. The molecule has 1 heterocycles. The summed E-state index contributed by atoms with van der Waals surface area (Å²) in [6.45, 7) is 0. The standard InChI is InChI=1S/C14H10Cl2F3N3O2S/c1-22-13(25-9-4-2-8(16)3-5-9)10(7-20-24-11(23)6-15)12(21-22)14(17,18)19/h2-5,7H,6H2,1H3. The molecular weight excluding hydrogens is 402 g/mol. The van der Waals surface area contributed by atoms with Crippen LogP contribution in [0.5, 0.6) is 0 Å². The molecule has 0 aliphatic heterocycles. The molecule has 0 fully saturated rings. The number of carbonyl (C=O) groups is 1. The van der Waals surface area contributed by atoms with Crippen molar-refractivity contribution in [2.24, 2.45) is 12.2 Å². The van der Waals surface area contributed by atoms with E-state index in [9.17, 15) is 18.0 Å². The average Bonchev–Trinajstić information content (AvgIpc) is 2.86. The Bertz CT molecular complexity index is 792. The quantitative estimate of drug-likeness (QED) is 0.317. The predicted octanol–water partition coefficient (Wildman–Crippen LogP) is 4.36. The molecule has 1 aromatic heterocycles. The second kappa shape index (κ2) is 8.11. The number of oxime groups is 1. The first kappa shape index (κ1) is 19.6. The largest absolute Gasteiger partial charge is 0.435 e. The number of nitrogens with zero attached hydrogens (tertiary/aromatic N) is 3. The number of benzene rings is 1. The van der Waals surface area contributed by atoms with E-state index in [1.165, 1.54) is 7.05 Å². The Labute approximate surface area is 154 Å². The van der Waals surface area contributed by atoms with Gasteiger partial charge in [0.2, 0.25) is 0 Å². The van der Waals surface area contributed by atoms with Gasteiger partial charge in [0.25, 0.3) is 0 Å². The fourth-order valence-corrected chi connectivity index (χ4v) is 2.85. The zero-order valence-electron chi connectivity index (χ0n) is 12.6. The molecule has 0 saturated heterocycles. The molecule has 134 valence electrons. The molecule has 25 heavy (non-hydrogen) atoms. The Hall–Kier alpha value is -1.71. The van der Waals surface area contributed by atoms with Crippen LogP contribution in [0.3, 0.4) is 0 Å². The van der Waals surface area contributed by atoms with Crippen LogP contribution in [0, 0.1) is 0 Å². The molecule has 2 aromatic rings. The minimum absolute atomic E-state index is 0.167. The van der Waals surface area contributed by atoms with Crippen LogP contribution < -0.4 is 0 Å². The molecule has 0 unspecified atom stereocenters. The summed E-state index contributed by atoms with van der Waals surface area (Å²) in [5.41, 5.74) is -1.46. The van der Waals surface area contributed by atoms with Crippen molar-refractivity contribution in [1.29, 1.82) is 0 Å². The number of hydrogen-bond donors (Lipinski definition) is 0. The van der Waals surface area contributed by atoms with Gasteiger partial charge in [-0.25, -0.2) is 4.79 Å². The lowest BCUT2D eigenvalue weighted by Crippen LogP contribution is -2.09. The maximum Gasteiger partial charge on any atom is 0.435 e. The van der Waals surface area contributed by atoms with Crippen molar-refractivity contribution >= 4 is 47.1 Å². The Morgan fingerprint density at radius 2 is 2.04 bits per heavy atom. The molecule has 0 N–H and O–H groups in total. The van der Waals surface area contributed by atoms with E-state index in [2.05, 4.69) is 15.1 Å². The lowest BCUT2D eigenvalue weighted by Gasteiger charge is -2.05. The van der Waals surface area contributed by atoms with Crippen molar-refractivity contribution in [3.63, 3.8) is 0 Å². The molecule has 0 amide bonds. The van der Waals surface area contributed by atoms with Crippen molar-refractivity contribution in [2.45, 2.75) is 16.1 Å². The van der Waals surface area contributed by atoms with Crippen molar-refractivity contribution in [3.05, 3.63) is 40.5 Å². The van der Waals surface area contributed by atoms with Gasteiger partial charge in [-0.1, -0.05) is 28.5 Å². The van der Waals surface area contributed by atoms with Gasteiger partial charge < -0.3 is 4.84 Å². The first-order valence-electron chi connectivity index (χ1n) is 6.59. The van der Waals surface area contributed by atoms with Crippen LogP contribution in [0.1, 0.15) is 11.3 Å². The molecule has 1 aromatic carbocycles. The van der Waals surface area contributed by atoms with E-state index in [-0.39, 0.29) is 10.6 Å². The van der Waals surface area contributed by atoms with Crippen LogP contribution in [0.2, 0.25) is 5.02 Å². The van der Waals surface area contributed by atoms with E-state index >= 15 is 0 Å². The molecule has 2 rings (SSSR count).